The van der Waals surface area contributed by atoms with Crippen LogP contribution in [0, 0.1) is 0 Å². The molecule has 7 nitrogen and oxygen atoms in total. The number of hydrogen-bond acceptors (Lipinski definition) is 5. The van der Waals surface area contributed by atoms with Gasteiger partial charge in [-0.15, -0.1) is 0 Å². The van der Waals surface area contributed by atoms with E-state index in [0.29, 0.717) is 48.5 Å². The van der Waals surface area contributed by atoms with Crippen LogP contribution in [0.1, 0.15) is 11.1 Å². The number of rotatable bonds is 12. The molecule has 2 amide bonds. The maximum atomic E-state index is 13.7. The van der Waals surface area contributed by atoms with E-state index in [1.807, 2.05) is 42.5 Å². The molecule has 206 valence electrons. The molecule has 0 aromatic heterocycles. The van der Waals surface area contributed by atoms with Gasteiger partial charge in [0.2, 0.25) is 5.91 Å². The lowest BCUT2D eigenvalue weighted by Gasteiger charge is -2.32. The van der Waals surface area contributed by atoms with Gasteiger partial charge in [-0.05, 0) is 35.4 Å². The monoisotopic (exact) mass is 569 g/mol. The topological polar surface area (TPSA) is 71.1 Å². The molecule has 0 radical (unpaired) electrons. The Kier molecular flexibility index (Phi) is 11.0. The number of hydrogen-bond donors (Lipinski definition) is 1. The molecular weight excluding hydrogens is 537 g/mol. The minimum atomic E-state index is -0.755. The number of carbonyl (C=O) groups is 2. The van der Waals surface area contributed by atoms with Gasteiger partial charge in [0.1, 0.15) is 11.8 Å². The second kappa shape index (κ2) is 14.9. The highest BCUT2D eigenvalue weighted by atomic mass is 35.5. The van der Waals surface area contributed by atoms with Crippen molar-refractivity contribution in [2.24, 2.45) is 0 Å². The Labute approximate surface area is 239 Å². The number of carbonyl (C=O) groups excluding carboxylic acids is 2. The first-order valence-electron chi connectivity index (χ1n) is 13.0. The first-order valence-corrected chi connectivity index (χ1v) is 13.8. The lowest BCUT2D eigenvalue weighted by atomic mass is 10.0. The molecule has 1 fully saturated rings. The summed E-state index contributed by atoms with van der Waals surface area (Å²) < 4.78 is 11.2. The fraction of sp³-hybridized carbons (Fsp3) is 0.333. The number of halogens is 2. The van der Waals surface area contributed by atoms with E-state index in [9.17, 15) is 9.59 Å². The zero-order chi connectivity index (χ0) is 27.5. The van der Waals surface area contributed by atoms with Crippen molar-refractivity contribution in [2.75, 3.05) is 46.0 Å². The molecule has 1 N–H and O–H groups in total. The summed E-state index contributed by atoms with van der Waals surface area (Å²) in [5.41, 5.74) is 1.80. The van der Waals surface area contributed by atoms with Gasteiger partial charge in [0.05, 0.1) is 18.2 Å². The van der Waals surface area contributed by atoms with Gasteiger partial charge < -0.3 is 19.7 Å². The van der Waals surface area contributed by atoms with Gasteiger partial charge in [-0.25, -0.2) is 0 Å². The van der Waals surface area contributed by atoms with Gasteiger partial charge in [0.15, 0.2) is 6.61 Å². The van der Waals surface area contributed by atoms with Crippen molar-refractivity contribution in [1.82, 2.24) is 15.1 Å². The van der Waals surface area contributed by atoms with Crippen LogP contribution in [0.2, 0.25) is 10.0 Å². The average Bonchev–Trinajstić information content (AvgIpc) is 2.96. The summed E-state index contributed by atoms with van der Waals surface area (Å²) in [5.74, 6) is -0.130. The fourth-order valence-electron chi connectivity index (χ4n) is 4.40. The first kappa shape index (κ1) is 28.9. The van der Waals surface area contributed by atoms with E-state index in [4.69, 9.17) is 32.7 Å². The van der Waals surface area contributed by atoms with E-state index in [-0.39, 0.29) is 25.0 Å². The van der Waals surface area contributed by atoms with Gasteiger partial charge in [0.25, 0.3) is 5.91 Å². The largest absolute Gasteiger partial charge is 0.482 e. The van der Waals surface area contributed by atoms with Crippen LogP contribution in [0.15, 0.2) is 78.9 Å². The number of nitrogens with zero attached hydrogens (tertiary/aromatic N) is 2. The normalized spacial score (nSPS) is 14.4. The van der Waals surface area contributed by atoms with Crippen LogP contribution in [0.25, 0.3) is 0 Å². The summed E-state index contributed by atoms with van der Waals surface area (Å²) in [4.78, 5) is 31.2. The fourth-order valence-corrected chi connectivity index (χ4v) is 4.72. The minimum absolute atomic E-state index is 0.216. The summed E-state index contributed by atoms with van der Waals surface area (Å²) >= 11 is 12.3. The van der Waals surface area contributed by atoms with Crippen molar-refractivity contribution in [3.63, 3.8) is 0 Å². The van der Waals surface area contributed by atoms with Crippen LogP contribution >= 0.6 is 23.2 Å². The number of morpholine rings is 1. The highest BCUT2D eigenvalue weighted by Gasteiger charge is 2.31. The van der Waals surface area contributed by atoms with Gasteiger partial charge >= 0.3 is 0 Å². The van der Waals surface area contributed by atoms with Crippen molar-refractivity contribution >= 4 is 35.0 Å². The predicted molar refractivity (Wildman–Crippen MR) is 153 cm³/mol. The molecule has 1 aliphatic rings. The molecular formula is C30H33Cl2N3O4. The third-order valence-electron chi connectivity index (χ3n) is 6.56. The lowest BCUT2D eigenvalue weighted by Crippen LogP contribution is -2.52. The van der Waals surface area contributed by atoms with E-state index in [2.05, 4.69) is 10.2 Å². The Morgan fingerprint density at radius 2 is 1.62 bits per heavy atom. The first-order chi connectivity index (χ1) is 19.0. The molecule has 0 saturated carbocycles. The van der Waals surface area contributed by atoms with Crippen molar-refractivity contribution in [2.45, 2.75) is 19.0 Å². The van der Waals surface area contributed by atoms with Gasteiger partial charge in [-0.1, -0.05) is 77.8 Å². The van der Waals surface area contributed by atoms with Crippen LogP contribution < -0.4 is 10.1 Å². The molecule has 3 aromatic rings. The van der Waals surface area contributed by atoms with Crippen LogP contribution in [-0.4, -0.2) is 73.7 Å². The van der Waals surface area contributed by atoms with E-state index in [0.717, 1.165) is 24.2 Å². The zero-order valence-corrected chi connectivity index (χ0v) is 23.2. The summed E-state index contributed by atoms with van der Waals surface area (Å²) in [5, 5.41) is 4.08. The molecule has 9 heteroatoms. The Morgan fingerprint density at radius 3 is 2.33 bits per heavy atom. The standard InChI is InChI=1S/C30H33Cl2N3O4/c31-25-12-10-24(11-13-25)21-35(29(36)22-39-28-9-5-4-8-26(28)32)27(20-23-6-2-1-3-7-23)30(37)33-14-15-34-16-18-38-19-17-34/h1-13,27H,14-22H2,(H,33,37)/t27-/m1/s1. The van der Waals surface area contributed by atoms with Crippen molar-refractivity contribution < 1.29 is 19.1 Å². The van der Waals surface area contributed by atoms with E-state index < -0.39 is 6.04 Å². The zero-order valence-electron chi connectivity index (χ0n) is 21.7. The smallest absolute Gasteiger partial charge is 0.261 e. The molecule has 0 spiro atoms. The quantitative estimate of drug-likeness (QED) is 0.348. The van der Waals surface area contributed by atoms with Crippen LogP contribution in [0.3, 0.4) is 0 Å². The lowest BCUT2D eigenvalue weighted by molar-refractivity contribution is -0.142. The third-order valence-corrected chi connectivity index (χ3v) is 7.12. The highest BCUT2D eigenvalue weighted by molar-refractivity contribution is 6.32. The van der Waals surface area contributed by atoms with Gasteiger partial charge in [-0.2, -0.15) is 0 Å². The van der Waals surface area contributed by atoms with Gasteiger partial charge in [-0.3, -0.25) is 14.5 Å². The van der Waals surface area contributed by atoms with Crippen molar-refractivity contribution in [3.05, 3.63) is 100 Å². The molecule has 3 aromatic carbocycles. The number of nitrogens with one attached hydrogen (secondary N) is 1. The molecule has 0 aliphatic carbocycles. The maximum absolute atomic E-state index is 13.7. The summed E-state index contributed by atoms with van der Waals surface area (Å²) in [7, 11) is 0. The molecule has 1 saturated heterocycles. The second-order valence-corrected chi connectivity index (χ2v) is 10.2. The Hall–Kier alpha value is -3.10. The van der Waals surface area contributed by atoms with Crippen LogP contribution in [0.4, 0.5) is 0 Å². The number of para-hydroxylation sites is 1. The molecule has 0 unspecified atom stereocenters. The summed E-state index contributed by atoms with van der Waals surface area (Å²) in [6, 6.07) is 23.2. The SMILES string of the molecule is O=C(NCCN1CCOCC1)[C@@H](Cc1ccccc1)N(Cc1ccc(Cl)cc1)C(=O)COc1ccccc1Cl. The predicted octanol–water partition coefficient (Wildman–Crippen LogP) is 4.46. The highest BCUT2D eigenvalue weighted by Crippen LogP contribution is 2.24. The molecule has 4 rings (SSSR count). The third kappa shape index (κ3) is 8.97. The molecule has 1 aliphatic heterocycles. The molecule has 1 heterocycles. The Bertz CT molecular complexity index is 1200. The average molecular weight is 571 g/mol. The van der Waals surface area contributed by atoms with Crippen LogP contribution in [-0.2, 0) is 27.3 Å². The van der Waals surface area contributed by atoms with Gasteiger partial charge in [0, 0.05) is 44.2 Å². The summed E-state index contributed by atoms with van der Waals surface area (Å²) in [6.07, 6.45) is 0.357. The molecule has 1 atom stereocenters. The van der Waals surface area contributed by atoms with Crippen molar-refractivity contribution in [3.8, 4) is 5.75 Å². The van der Waals surface area contributed by atoms with E-state index in [1.54, 1.807) is 41.3 Å². The van der Waals surface area contributed by atoms with E-state index in [1.165, 1.54) is 0 Å². The number of benzene rings is 3. The Balaban J connectivity index is 1.54. The summed E-state index contributed by atoms with van der Waals surface area (Å²) in [6.45, 7) is 4.21. The van der Waals surface area contributed by atoms with Crippen molar-refractivity contribution in [1.29, 1.82) is 0 Å². The second-order valence-electron chi connectivity index (χ2n) is 9.32. The van der Waals surface area contributed by atoms with E-state index >= 15 is 0 Å². The molecule has 0 bridgehead atoms. The maximum Gasteiger partial charge on any atom is 0.261 e. The number of amides is 2. The van der Waals surface area contributed by atoms with Crippen LogP contribution in [0.5, 0.6) is 5.75 Å². The number of ether oxygens (including phenoxy) is 2. The Morgan fingerprint density at radius 1 is 0.923 bits per heavy atom. The molecule has 39 heavy (non-hydrogen) atoms. The minimum Gasteiger partial charge on any atom is -0.482 e.